The largest absolute Gasteiger partial charge is 0.408 e. The molecule has 3 N–H and O–H groups in total. The van der Waals surface area contributed by atoms with Gasteiger partial charge in [0, 0.05) is 36.0 Å². The van der Waals surface area contributed by atoms with Crippen LogP contribution in [0.3, 0.4) is 0 Å². The molecule has 3 rings (SSSR count). The number of aliphatic hydroxyl groups is 1. The molecule has 37 heavy (non-hydrogen) atoms. The van der Waals surface area contributed by atoms with Gasteiger partial charge in [0.2, 0.25) is 0 Å². The van der Waals surface area contributed by atoms with Crippen LogP contribution in [0.1, 0.15) is 72.3 Å². The molecule has 204 valence electrons. The van der Waals surface area contributed by atoms with Crippen molar-refractivity contribution in [2.75, 3.05) is 18.5 Å². The summed E-state index contributed by atoms with van der Waals surface area (Å²) in [5.41, 5.74) is -1.08. The van der Waals surface area contributed by atoms with Crippen molar-refractivity contribution in [3.8, 4) is 10.4 Å². The monoisotopic (exact) mass is 549 g/mol. The fourth-order valence-electron chi connectivity index (χ4n) is 3.96. The highest BCUT2D eigenvalue weighted by molar-refractivity contribution is 7.17. The molecule has 1 fully saturated rings. The van der Waals surface area contributed by atoms with Gasteiger partial charge in [0.25, 0.3) is 18.2 Å². The lowest BCUT2D eigenvalue weighted by atomic mass is 10.1. The first-order chi connectivity index (χ1) is 17.4. The number of pyridine rings is 1. The molecule has 0 unspecified atom stereocenters. The zero-order valence-corrected chi connectivity index (χ0v) is 21.2. The number of amides is 2. The smallest absolute Gasteiger partial charge is 0.394 e. The van der Waals surface area contributed by atoms with Crippen molar-refractivity contribution in [2.24, 2.45) is 0 Å². The molecule has 2 aromatic heterocycles. The average molecular weight is 550 g/mol. The molecule has 0 aliphatic carbocycles. The van der Waals surface area contributed by atoms with E-state index in [1.54, 1.807) is 6.92 Å². The maximum absolute atomic E-state index is 14.1. The number of anilines is 1. The number of thiazole rings is 1. The lowest BCUT2D eigenvalue weighted by Gasteiger charge is -2.22. The van der Waals surface area contributed by atoms with Crippen molar-refractivity contribution in [3.63, 3.8) is 0 Å². The van der Waals surface area contributed by atoms with Crippen LogP contribution in [0.4, 0.5) is 27.8 Å². The van der Waals surface area contributed by atoms with Crippen molar-refractivity contribution in [1.82, 2.24) is 20.2 Å². The predicted molar refractivity (Wildman–Crippen MR) is 128 cm³/mol. The summed E-state index contributed by atoms with van der Waals surface area (Å²) in [7, 11) is 0. The first-order valence-electron chi connectivity index (χ1n) is 11.7. The van der Waals surface area contributed by atoms with E-state index < -0.39 is 47.9 Å². The lowest BCUT2D eigenvalue weighted by Crippen LogP contribution is -2.36. The van der Waals surface area contributed by atoms with E-state index in [9.17, 15) is 36.6 Å². The minimum absolute atomic E-state index is 0.0388. The van der Waals surface area contributed by atoms with Crippen LogP contribution in [0.25, 0.3) is 10.4 Å². The first kappa shape index (κ1) is 28.7. The highest BCUT2D eigenvalue weighted by Gasteiger charge is 2.39. The second kappa shape index (κ2) is 11.7. The van der Waals surface area contributed by atoms with Gasteiger partial charge in [0.1, 0.15) is 17.6 Å². The normalized spacial score (nSPS) is 17.7. The highest BCUT2D eigenvalue weighted by atomic mass is 32.1. The molecular formula is C23H28F5N5O3S. The summed E-state index contributed by atoms with van der Waals surface area (Å²) >= 11 is 0.696. The summed E-state index contributed by atoms with van der Waals surface area (Å²) < 4.78 is 67.8. The zero-order chi connectivity index (χ0) is 27.5. The van der Waals surface area contributed by atoms with Crippen molar-refractivity contribution in [3.05, 3.63) is 28.5 Å². The summed E-state index contributed by atoms with van der Waals surface area (Å²) in [6, 6.07) is -1.92. The number of rotatable bonds is 9. The van der Waals surface area contributed by atoms with E-state index in [4.69, 9.17) is 0 Å². The number of aromatic nitrogens is 2. The maximum atomic E-state index is 14.1. The number of nitrogens with one attached hydrogen (secondary N) is 2. The van der Waals surface area contributed by atoms with Gasteiger partial charge >= 0.3 is 6.18 Å². The molecule has 14 heteroatoms. The number of nitrogens with zero attached hydrogens (tertiary/aromatic N) is 3. The van der Waals surface area contributed by atoms with Crippen molar-refractivity contribution >= 4 is 29.0 Å². The van der Waals surface area contributed by atoms with Crippen LogP contribution < -0.4 is 10.6 Å². The van der Waals surface area contributed by atoms with Crippen LogP contribution in [0, 0.1) is 0 Å². The third-order valence-corrected chi connectivity index (χ3v) is 7.12. The van der Waals surface area contributed by atoms with E-state index in [2.05, 4.69) is 20.6 Å². The fraction of sp³-hybridized carbons (Fsp3) is 0.565. The molecule has 2 amide bonds. The topological polar surface area (TPSA) is 107 Å². The number of hydrogen-bond acceptors (Lipinski definition) is 7. The number of alkyl halides is 5. The van der Waals surface area contributed by atoms with Crippen molar-refractivity contribution < 1.29 is 36.6 Å². The number of likely N-dealkylation sites (tertiary alicyclic amines) is 1. The van der Waals surface area contributed by atoms with Gasteiger partial charge in [-0.3, -0.25) is 9.59 Å². The van der Waals surface area contributed by atoms with Crippen molar-refractivity contribution in [2.45, 2.75) is 70.8 Å². The second-order valence-corrected chi connectivity index (χ2v) is 9.85. The summed E-state index contributed by atoms with van der Waals surface area (Å²) in [6.07, 6.45) is -5.62. The summed E-state index contributed by atoms with van der Waals surface area (Å²) in [5, 5.41) is 13.7. The van der Waals surface area contributed by atoms with Crippen LogP contribution in [0.15, 0.2) is 12.3 Å². The minimum atomic E-state index is -4.61. The standard InChI is InChI=1S/C23H28F5N5O3S/c1-4-15(23(26,27)28)31-16-8-13(19(24)25)14(9-29-16)18-17(22(36)33-7-5-6-12(33)3)32-21(37-18)20(35)30-11(2)10-34/h8-9,11-12,15,19,34H,4-7,10H2,1-3H3,(H,29,31)(H,30,35)/t11-,12+,15+/m1/s1. The Bertz CT molecular complexity index is 1130. The summed E-state index contributed by atoms with van der Waals surface area (Å²) in [6.45, 7) is 4.75. The predicted octanol–water partition coefficient (Wildman–Crippen LogP) is 4.63. The Labute approximate surface area is 214 Å². The van der Waals surface area contributed by atoms with Gasteiger partial charge in [-0.25, -0.2) is 18.7 Å². The molecule has 3 atom stereocenters. The number of aliphatic hydroxyl groups excluding tert-OH is 1. The Balaban J connectivity index is 2.09. The zero-order valence-electron chi connectivity index (χ0n) is 20.4. The molecule has 0 bridgehead atoms. The van der Waals surface area contributed by atoms with Gasteiger partial charge in [-0.1, -0.05) is 6.92 Å². The molecule has 0 spiro atoms. The molecule has 8 nitrogen and oxygen atoms in total. The number of carbonyl (C=O) groups is 2. The number of carbonyl (C=O) groups excluding carboxylic acids is 2. The van der Waals surface area contributed by atoms with Gasteiger partial charge < -0.3 is 20.6 Å². The maximum Gasteiger partial charge on any atom is 0.408 e. The van der Waals surface area contributed by atoms with Crippen LogP contribution in [0.2, 0.25) is 0 Å². The van der Waals surface area contributed by atoms with E-state index in [0.717, 1.165) is 25.1 Å². The van der Waals surface area contributed by atoms with Crippen LogP contribution >= 0.6 is 11.3 Å². The quantitative estimate of drug-likeness (QED) is 0.394. The highest BCUT2D eigenvalue weighted by Crippen LogP contribution is 2.39. The summed E-state index contributed by atoms with van der Waals surface area (Å²) in [4.78, 5) is 35.6. The summed E-state index contributed by atoms with van der Waals surface area (Å²) in [5.74, 6) is -1.65. The Hall–Kier alpha value is -2.87. The minimum Gasteiger partial charge on any atom is -0.394 e. The molecule has 1 aliphatic rings. The van der Waals surface area contributed by atoms with Gasteiger partial charge in [-0.2, -0.15) is 13.2 Å². The average Bonchev–Trinajstić information content (AvgIpc) is 3.47. The molecular weight excluding hydrogens is 521 g/mol. The molecule has 1 saturated heterocycles. The number of hydrogen-bond donors (Lipinski definition) is 3. The molecule has 3 heterocycles. The Kier molecular flexibility index (Phi) is 9.05. The van der Waals surface area contributed by atoms with Gasteiger partial charge in [0.15, 0.2) is 5.01 Å². The second-order valence-electron chi connectivity index (χ2n) is 8.85. The van der Waals surface area contributed by atoms with Gasteiger partial charge in [0.05, 0.1) is 11.5 Å². The van der Waals surface area contributed by atoms with Crippen molar-refractivity contribution in [1.29, 1.82) is 0 Å². The van der Waals surface area contributed by atoms with E-state index >= 15 is 0 Å². The number of halogens is 5. The molecule has 2 aromatic rings. The van der Waals surface area contributed by atoms with Crippen LogP contribution in [0.5, 0.6) is 0 Å². The SMILES string of the molecule is CC[C@H](Nc1cc(C(F)F)c(-c2sc(C(=O)N[C@H](C)CO)nc2C(=O)N2CCC[C@@H]2C)cn1)C(F)(F)F. The lowest BCUT2D eigenvalue weighted by molar-refractivity contribution is -0.142. The van der Waals surface area contributed by atoms with Crippen LogP contribution in [-0.2, 0) is 0 Å². The van der Waals surface area contributed by atoms with E-state index in [0.29, 0.717) is 17.9 Å². The Morgan fingerprint density at radius 1 is 1.32 bits per heavy atom. The van der Waals surface area contributed by atoms with Gasteiger partial charge in [-0.15, -0.1) is 11.3 Å². The molecule has 0 aromatic carbocycles. The van der Waals surface area contributed by atoms with E-state index in [1.165, 1.54) is 11.8 Å². The van der Waals surface area contributed by atoms with Gasteiger partial charge in [-0.05, 0) is 39.2 Å². The molecule has 0 radical (unpaired) electrons. The third-order valence-electron chi connectivity index (χ3n) is 6.03. The first-order valence-corrected chi connectivity index (χ1v) is 12.5. The van der Waals surface area contributed by atoms with Crippen LogP contribution in [-0.4, -0.2) is 69.2 Å². The van der Waals surface area contributed by atoms with E-state index in [-0.39, 0.29) is 40.2 Å². The Morgan fingerprint density at radius 3 is 2.57 bits per heavy atom. The Morgan fingerprint density at radius 2 is 2.03 bits per heavy atom. The molecule has 1 aliphatic heterocycles. The third kappa shape index (κ3) is 6.53. The fourth-order valence-corrected chi connectivity index (χ4v) is 4.95. The van der Waals surface area contributed by atoms with E-state index in [1.807, 2.05) is 6.92 Å². The molecule has 0 saturated carbocycles.